The number of hydrogen-bond donors (Lipinski definition) is 4. The van der Waals surface area contributed by atoms with Gasteiger partial charge in [-0.3, -0.25) is 9.79 Å². The smallest absolute Gasteiger partial charge is 0.252 e. The zero-order chi connectivity index (χ0) is 12.1. The molecule has 0 atom stereocenters. The lowest BCUT2D eigenvalue weighted by Crippen LogP contribution is -2.63. The van der Waals surface area contributed by atoms with Gasteiger partial charge in [0.05, 0.1) is 11.1 Å². The fraction of sp³-hybridized carbons (Fsp3) is 0.100. The van der Waals surface area contributed by atoms with Crippen molar-refractivity contribution in [1.29, 1.82) is 0 Å². The van der Waals surface area contributed by atoms with Crippen molar-refractivity contribution in [3.8, 4) is 0 Å². The van der Waals surface area contributed by atoms with Gasteiger partial charge in [-0.25, -0.2) is 4.98 Å². The minimum absolute atomic E-state index is 0.108. The molecular weight excluding hydrogens is 206 g/mol. The predicted molar refractivity (Wildman–Crippen MR) is 62.3 cm³/mol. The second kappa shape index (κ2) is 4.92. The molecule has 0 radical (unpaired) electrons. The largest absolute Gasteiger partial charge is 0.404 e. The first-order valence-electron chi connectivity index (χ1n) is 4.58. The molecule has 0 fully saturated rings. The molecule has 0 saturated carbocycles. The van der Waals surface area contributed by atoms with Crippen LogP contribution in [0.5, 0.6) is 0 Å². The molecule has 0 aromatic carbocycles. The number of carbonyl (C=O) groups is 1. The summed E-state index contributed by atoms with van der Waals surface area (Å²) in [4.78, 5) is 17.8. The summed E-state index contributed by atoms with van der Waals surface area (Å²) >= 11 is 0. The number of allylic oxidation sites excluding steroid dienone is 1. The molecule has 0 aliphatic carbocycles. The first-order valence-corrected chi connectivity index (χ1v) is 4.58. The van der Waals surface area contributed by atoms with E-state index in [4.69, 9.17) is 17.2 Å². The minimum Gasteiger partial charge on any atom is -0.404 e. The average Bonchev–Trinajstić information content (AvgIpc) is 2.26. The number of anilines is 1. The molecular formula is C10H14N5O+. The van der Waals surface area contributed by atoms with Crippen LogP contribution in [0.4, 0.5) is 5.82 Å². The summed E-state index contributed by atoms with van der Waals surface area (Å²) in [7, 11) is 1.74. The van der Waals surface area contributed by atoms with Crippen molar-refractivity contribution < 1.29 is 9.79 Å². The lowest BCUT2D eigenvalue weighted by atomic mass is 10.1. The summed E-state index contributed by atoms with van der Waals surface area (Å²) in [5, 5.41) is 0. The van der Waals surface area contributed by atoms with Crippen LogP contribution < -0.4 is 22.2 Å². The number of nitrogen functional groups attached to an aromatic ring is 1. The van der Waals surface area contributed by atoms with Crippen LogP contribution in [0.2, 0.25) is 0 Å². The molecule has 84 valence electrons. The van der Waals surface area contributed by atoms with E-state index >= 15 is 0 Å². The first-order chi connectivity index (χ1) is 7.60. The topological polar surface area (TPSA) is 122 Å². The monoisotopic (exact) mass is 220 g/mol. The van der Waals surface area contributed by atoms with E-state index in [0.717, 1.165) is 0 Å². The van der Waals surface area contributed by atoms with Gasteiger partial charge in [0.2, 0.25) is 0 Å². The third-order valence-electron chi connectivity index (χ3n) is 2.00. The van der Waals surface area contributed by atoms with E-state index in [2.05, 4.69) is 9.98 Å². The second-order valence-electron chi connectivity index (χ2n) is 3.08. The highest BCUT2D eigenvalue weighted by Crippen LogP contribution is 2.15. The molecule has 0 aliphatic rings. The zero-order valence-corrected chi connectivity index (χ0v) is 8.90. The van der Waals surface area contributed by atoms with Crippen LogP contribution >= 0.6 is 0 Å². The van der Waals surface area contributed by atoms with Gasteiger partial charge in [0, 0.05) is 18.0 Å². The van der Waals surface area contributed by atoms with Crippen LogP contribution in [0.1, 0.15) is 15.9 Å². The van der Waals surface area contributed by atoms with E-state index in [-0.39, 0.29) is 11.4 Å². The molecule has 1 aromatic rings. The summed E-state index contributed by atoms with van der Waals surface area (Å²) in [6.07, 6.45) is 4.60. The van der Waals surface area contributed by atoms with E-state index in [9.17, 15) is 4.79 Å². The number of hydrogen-bond acceptors (Lipinski definition) is 4. The Labute approximate surface area is 92.9 Å². The van der Waals surface area contributed by atoms with Crippen molar-refractivity contribution in [1.82, 2.24) is 4.98 Å². The molecule has 0 unspecified atom stereocenters. The number of rotatable bonds is 3. The highest BCUT2D eigenvalue weighted by atomic mass is 16.1. The summed E-state index contributed by atoms with van der Waals surface area (Å²) in [6.45, 7) is 0. The van der Waals surface area contributed by atoms with Gasteiger partial charge in [-0.1, -0.05) is 0 Å². The molecule has 7 N–H and O–H groups in total. The number of nitrogens with two attached hydrogens (primary N) is 3. The van der Waals surface area contributed by atoms with Gasteiger partial charge in [-0.15, -0.1) is 0 Å². The summed E-state index contributed by atoms with van der Waals surface area (Å²) in [5.41, 5.74) is 17.7. The van der Waals surface area contributed by atoms with Crippen molar-refractivity contribution in [3.63, 3.8) is 0 Å². The van der Waals surface area contributed by atoms with Crippen molar-refractivity contribution in [2.24, 2.45) is 11.5 Å². The number of primary amides is 1. The number of nitrogens with one attached hydrogen (secondary N) is 1. The van der Waals surface area contributed by atoms with E-state index in [1.807, 2.05) is 0 Å². The molecule has 0 bridgehead atoms. The fourth-order valence-corrected chi connectivity index (χ4v) is 1.21. The summed E-state index contributed by atoms with van der Waals surface area (Å²) in [5.74, 6) is -0.509. The zero-order valence-electron chi connectivity index (χ0n) is 8.90. The Morgan fingerprint density at radius 2 is 2.25 bits per heavy atom. The number of amides is 1. The molecule has 1 rings (SSSR count). The number of aromatic nitrogens is 1. The van der Waals surface area contributed by atoms with Gasteiger partial charge < -0.3 is 17.2 Å². The van der Waals surface area contributed by atoms with E-state index in [1.165, 1.54) is 12.4 Å². The van der Waals surface area contributed by atoms with Crippen molar-refractivity contribution in [2.75, 3.05) is 12.8 Å². The van der Waals surface area contributed by atoms with Crippen LogP contribution in [-0.2, 0) is 0 Å². The molecule has 16 heavy (non-hydrogen) atoms. The molecule has 6 heteroatoms. The van der Waals surface area contributed by atoms with Gasteiger partial charge in [-0.2, -0.15) is 0 Å². The molecule has 1 amide bonds. The van der Waals surface area contributed by atoms with E-state index in [1.54, 1.807) is 19.3 Å². The Morgan fingerprint density at radius 1 is 1.56 bits per heavy atom. The van der Waals surface area contributed by atoms with Crippen molar-refractivity contribution >= 4 is 23.5 Å². The third-order valence-corrected chi connectivity index (χ3v) is 2.00. The van der Waals surface area contributed by atoms with E-state index in [0.29, 0.717) is 11.1 Å². The quantitative estimate of drug-likeness (QED) is 0.433. The summed E-state index contributed by atoms with van der Waals surface area (Å²) < 4.78 is 0. The lowest BCUT2D eigenvalue weighted by molar-refractivity contribution is -0.412. The van der Waals surface area contributed by atoms with Gasteiger partial charge in [0.25, 0.3) is 5.91 Å². The highest BCUT2D eigenvalue weighted by molar-refractivity contribution is 6.08. The molecule has 0 spiro atoms. The Morgan fingerprint density at radius 3 is 2.75 bits per heavy atom. The maximum absolute atomic E-state index is 11.1. The van der Waals surface area contributed by atoms with Crippen LogP contribution in [0.15, 0.2) is 18.5 Å². The highest BCUT2D eigenvalue weighted by Gasteiger charge is 2.10. The molecule has 0 saturated heterocycles. The van der Waals surface area contributed by atoms with Gasteiger partial charge in [0.15, 0.2) is 6.21 Å². The number of pyridine rings is 1. The molecule has 1 heterocycles. The predicted octanol–water partition coefficient (Wildman–Crippen LogP) is -2.16. The maximum atomic E-state index is 11.1. The third kappa shape index (κ3) is 2.35. The summed E-state index contributed by atoms with van der Waals surface area (Å²) in [6, 6.07) is 1.55. The van der Waals surface area contributed by atoms with Crippen LogP contribution in [0, 0.1) is 0 Å². The van der Waals surface area contributed by atoms with Gasteiger partial charge in [0.1, 0.15) is 12.9 Å². The molecule has 0 aliphatic heterocycles. The Kier molecular flexibility index (Phi) is 3.60. The van der Waals surface area contributed by atoms with Crippen LogP contribution in [0.25, 0.3) is 5.57 Å². The van der Waals surface area contributed by atoms with Crippen molar-refractivity contribution in [2.45, 2.75) is 0 Å². The Hall–Kier alpha value is -2.37. The number of carbonyl (C=O) groups excluding carboxylic acids is 1. The number of nitrogens with zero attached hydrogens (tertiary/aromatic N) is 1. The van der Waals surface area contributed by atoms with Crippen LogP contribution in [0.3, 0.4) is 0 Å². The van der Waals surface area contributed by atoms with E-state index < -0.39 is 5.91 Å². The van der Waals surface area contributed by atoms with Gasteiger partial charge in [-0.05, 0) is 6.07 Å². The Balaban J connectivity index is 3.27. The SMILES string of the molecule is C[NH+]=CC(=CN)c1cnc(N)c(C(N)=O)c1. The molecule has 1 aromatic heterocycles. The minimum atomic E-state index is -0.618. The molecule has 6 nitrogen and oxygen atoms in total. The normalized spacial score (nSPS) is 11.9. The standard InChI is InChI=1S/C10H13N5O/c1-14-4-7(3-11)6-2-8(10(13)16)9(12)15-5-6/h2-5H,11H2,1H3,(H2,12,15)(H2,13,16)/p+1. The lowest BCUT2D eigenvalue weighted by Gasteiger charge is -2.03. The van der Waals surface area contributed by atoms with Gasteiger partial charge >= 0.3 is 0 Å². The van der Waals surface area contributed by atoms with Crippen molar-refractivity contribution in [3.05, 3.63) is 29.6 Å². The second-order valence-corrected chi connectivity index (χ2v) is 3.08. The first kappa shape index (κ1) is 11.7. The average molecular weight is 220 g/mol. The Bertz CT molecular complexity index is 464. The fourth-order valence-electron chi connectivity index (χ4n) is 1.21. The van der Waals surface area contributed by atoms with Crippen LogP contribution in [-0.4, -0.2) is 24.2 Å². The maximum Gasteiger partial charge on any atom is 0.252 e.